The number of nitriles is 1. The molecule has 0 spiro atoms. The molecule has 0 unspecified atom stereocenters. The Morgan fingerprint density at radius 1 is 1.62 bits per heavy atom. The Balaban J connectivity index is 3.26. The summed E-state index contributed by atoms with van der Waals surface area (Å²) in [6.07, 6.45) is -0.149. The summed E-state index contributed by atoms with van der Waals surface area (Å²) in [6.45, 7) is 0.140. The summed E-state index contributed by atoms with van der Waals surface area (Å²) in [7, 11) is 1.23. The molecule has 0 atom stereocenters. The van der Waals surface area contributed by atoms with E-state index in [1.165, 1.54) is 19.2 Å². The van der Waals surface area contributed by atoms with Crippen LogP contribution in [0.3, 0.4) is 0 Å². The summed E-state index contributed by atoms with van der Waals surface area (Å²) in [6, 6.07) is 4.36. The summed E-state index contributed by atoms with van der Waals surface area (Å²) >= 11 is 0. The van der Waals surface area contributed by atoms with Gasteiger partial charge in [-0.15, -0.1) is 0 Å². The van der Waals surface area contributed by atoms with Crippen LogP contribution in [-0.4, -0.2) is 13.1 Å². The largest absolute Gasteiger partial charge is 0.469 e. The Morgan fingerprint density at radius 3 is 2.81 bits per heavy atom. The first-order chi connectivity index (χ1) is 7.63. The number of nitrogens with zero attached hydrogens (tertiary/aromatic N) is 1. The van der Waals surface area contributed by atoms with E-state index in [1.807, 2.05) is 0 Å². The van der Waals surface area contributed by atoms with Crippen molar-refractivity contribution < 1.29 is 13.9 Å². The molecule has 84 valence electrons. The van der Waals surface area contributed by atoms with Gasteiger partial charge in [0.2, 0.25) is 0 Å². The topological polar surface area (TPSA) is 76.1 Å². The number of methoxy groups -OCH3 is 1. The van der Waals surface area contributed by atoms with Crippen LogP contribution in [0.2, 0.25) is 0 Å². The maximum absolute atomic E-state index is 13.3. The zero-order valence-corrected chi connectivity index (χ0v) is 8.79. The third-order valence-corrected chi connectivity index (χ3v) is 2.24. The molecule has 4 nitrogen and oxygen atoms in total. The molecule has 16 heavy (non-hydrogen) atoms. The van der Waals surface area contributed by atoms with E-state index in [9.17, 15) is 9.18 Å². The predicted molar refractivity (Wildman–Crippen MR) is 54.7 cm³/mol. The number of rotatable bonds is 3. The molecule has 5 heteroatoms. The highest BCUT2D eigenvalue weighted by Crippen LogP contribution is 2.18. The Morgan fingerprint density at radius 2 is 2.31 bits per heavy atom. The first-order valence-corrected chi connectivity index (χ1v) is 4.61. The summed E-state index contributed by atoms with van der Waals surface area (Å²) in [5.74, 6) is -1.18. The predicted octanol–water partition coefficient (Wildman–Crippen LogP) is 0.872. The smallest absolute Gasteiger partial charge is 0.310 e. The molecule has 0 aliphatic rings. The first kappa shape index (κ1) is 12.1. The molecule has 0 heterocycles. The van der Waals surface area contributed by atoms with Crippen molar-refractivity contribution in [3.63, 3.8) is 0 Å². The molecule has 1 aromatic carbocycles. The number of carbonyl (C=O) groups is 1. The molecule has 0 fully saturated rings. The van der Waals surface area contributed by atoms with Gasteiger partial charge in [-0.1, -0.05) is 6.07 Å². The third-order valence-electron chi connectivity index (χ3n) is 2.24. The second-order valence-electron chi connectivity index (χ2n) is 3.13. The van der Waals surface area contributed by atoms with Gasteiger partial charge in [0, 0.05) is 6.54 Å². The maximum atomic E-state index is 13.3. The van der Waals surface area contributed by atoms with Crippen LogP contribution in [-0.2, 0) is 22.5 Å². The van der Waals surface area contributed by atoms with Gasteiger partial charge >= 0.3 is 5.97 Å². The minimum atomic E-state index is -0.654. The maximum Gasteiger partial charge on any atom is 0.310 e. The lowest BCUT2D eigenvalue weighted by atomic mass is 9.98. The van der Waals surface area contributed by atoms with Crippen LogP contribution in [0.5, 0.6) is 0 Å². The highest BCUT2D eigenvalue weighted by molar-refractivity contribution is 5.74. The van der Waals surface area contributed by atoms with Crippen molar-refractivity contribution in [1.82, 2.24) is 0 Å². The average molecular weight is 222 g/mol. The van der Waals surface area contributed by atoms with Crippen molar-refractivity contribution in [2.45, 2.75) is 13.0 Å². The van der Waals surface area contributed by atoms with E-state index in [0.29, 0.717) is 11.1 Å². The fraction of sp³-hybridized carbons (Fsp3) is 0.273. The van der Waals surface area contributed by atoms with E-state index in [1.54, 1.807) is 6.07 Å². The number of hydrogen-bond donors (Lipinski definition) is 1. The number of carbonyl (C=O) groups excluding carboxylic acids is 1. The molecule has 0 amide bonds. The van der Waals surface area contributed by atoms with Gasteiger partial charge < -0.3 is 10.5 Å². The van der Waals surface area contributed by atoms with Crippen molar-refractivity contribution in [3.8, 4) is 6.07 Å². The molecule has 0 saturated carbocycles. The second kappa shape index (κ2) is 5.24. The molecule has 1 rings (SSSR count). The van der Waals surface area contributed by atoms with Crippen LogP contribution in [0.15, 0.2) is 12.1 Å². The van der Waals surface area contributed by atoms with Crippen molar-refractivity contribution in [3.05, 3.63) is 34.6 Å². The molecule has 0 aliphatic heterocycles. The zero-order chi connectivity index (χ0) is 12.1. The van der Waals surface area contributed by atoms with E-state index in [2.05, 4.69) is 4.74 Å². The lowest BCUT2D eigenvalue weighted by Crippen LogP contribution is -2.12. The number of benzene rings is 1. The van der Waals surface area contributed by atoms with Crippen LogP contribution in [0.1, 0.15) is 16.7 Å². The number of esters is 1. The Labute approximate surface area is 92.4 Å². The molecule has 0 aromatic heterocycles. The molecule has 0 saturated heterocycles. The van der Waals surface area contributed by atoms with Gasteiger partial charge in [-0.05, 0) is 17.2 Å². The van der Waals surface area contributed by atoms with E-state index in [4.69, 9.17) is 11.0 Å². The van der Waals surface area contributed by atoms with Crippen LogP contribution >= 0.6 is 0 Å². The summed E-state index contributed by atoms with van der Waals surface area (Å²) < 4.78 is 17.8. The lowest BCUT2D eigenvalue weighted by molar-refractivity contribution is -0.139. The summed E-state index contributed by atoms with van der Waals surface area (Å²) in [5.41, 5.74) is 6.19. The molecule has 1 aromatic rings. The lowest BCUT2D eigenvalue weighted by Gasteiger charge is -2.09. The van der Waals surface area contributed by atoms with E-state index in [-0.39, 0.29) is 18.5 Å². The molecule has 2 N–H and O–H groups in total. The molecule has 0 aliphatic carbocycles. The van der Waals surface area contributed by atoms with Crippen molar-refractivity contribution in [2.75, 3.05) is 7.11 Å². The summed E-state index contributed by atoms with van der Waals surface area (Å²) in [5, 5.41) is 8.82. The number of hydrogen-bond acceptors (Lipinski definition) is 4. The fourth-order valence-corrected chi connectivity index (χ4v) is 1.39. The van der Waals surface area contributed by atoms with Crippen molar-refractivity contribution >= 4 is 5.97 Å². The van der Waals surface area contributed by atoms with Crippen LogP contribution in [0.25, 0.3) is 0 Å². The number of halogens is 1. The van der Waals surface area contributed by atoms with Gasteiger partial charge in [0.1, 0.15) is 11.9 Å². The van der Waals surface area contributed by atoms with Gasteiger partial charge in [-0.3, -0.25) is 4.79 Å². The highest BCUT2D eigenvalue weighted by Gasteiger charge is 2.15. The SMILES string of the molecule is COC(=O)Cc1c(CN)ccc(F)c1C#N. The Hall–Kier alpha value is -1.93. The van der Waals surface area contributed by atoms with Crippen molar-refractivity contribution in [1.29, 1.82) is 5.26 Å². The third kappa shape index (κ3) is 2.35. The molecular formula is C11H11FN2O2. The minimum absolute atomic E-state index is 0.140. The normalized spacial score (nSPS) is 9.62. The van der Waals surface area contributed by atoms with Crippen LogP contribution < -0.4 is 5.73 Å². The Bertz CT molecular complexity index is 452. The second-order valence-corrected chi connectivity index (χ2v) is 3.13. The average Bonchev–Trinajstić information content (AvgIpc) is 2.29. The van der Waals surface area contributed by atoms with E-state index < -0.39 is 11.8 Å². The van der Waals surface area contributed by atoms with Crippen LogP contribution in [0, 0.1) is 17.1 Å². The number of ether oxygens (including phenoxy) is 1. The van der Waals surface area contributed by atoms with Gasteiger partial charge in [-0.25, -0.2) is 4.39 Å². The van der Waals surface area contributed by atoms with Crippen LogP contribution in [0.4, 0.5) is 4.39 Å². The zero-order valence-electron chi connectivity index (χ0n) is 8.79. The van der Waals surface area contributed by atoms with Gasteiger partial charge in [0.15, 0.2) is 0 Å². The van der Waals surface area contributed by atoms with E-state index >= 15 is 0 Å². The number of nitrogens with two attached hydrogens (primary N) is 1. The Kier molecular flexibility index (Phi) is 3.97. The molecular weight excluding hydrogens is 211 g/mol. The summed E-state index contributed by atoms with van der Waals surface area (Å²) in [4.78, 5) is 11.1. The fourth-order valence-electron chi connectivity index (χ4n) is 1.39. The minimum Gasteiger partial charge on any atom is -0.469 e. The van der Waals surface area contributed by atoms with Gasteiger partial charge in [-0.2, -0.15) is 5.26 Å². The van der Waals surface area contributed by atoms with Gasteiger partial charge in [0.25, 0.3) is 0 Å². The highest BCUT2D eigenvalue weighted by atomic mass is 19.1. The monoisotopic (exact) mass is 222 g/mol. The standard InChI is InChI=1S/C11H11FN2O2/c1-16-11(15)4-8-7(5-13)2-3-10(12)9(8)6-14/h2-3H,4-5,13H2,1H3. The molecule has 0 bridgehead atoms. The quantitative estimate of drug-likeness (QED) is 0.770. The first-order valence-electron chi connectivity index (χ1n) is 4.61. The molecule has 0 radical (unpaired) electrons. The van der Waals surface area contributed by atoms with Gasteiger partial charge in [0.05, 0.1) is 19.1 Å². The van der Waals surface area contributed by atoms with Crippen molar-refractivity contribution in [2.24, 2.45) is 5.73 Å². The van der Waals surface area contributed by atoms with E-state index in [0.717, 1.165) is 0 Å².